The molecular weight excluding hydrogens is 332 g/mol. The Morgan fingerprint density at radius 1 is 0.800 bits per heavy atom. The van der Waals surface area contributed by atoms with Crippen LogP contribution in [0.5, 0.6) is 11.5 Å². The van der Waals surface area contributed by atoms with Gasteiger partial charge in [-0.05, 0) is 18.2 Å². The Kier molecular flexibility index (Phi) is 8.87. The fraction of sp³-hybridized carbons (Fsp3) is 0.600. The number of thioether (sulfide) groups is 1. The lowest BCUT2D eigenvalue weighted by Gasteiger charge is -2.08. The van der Waals surface area contributed by atoms with Crippen molar-refractivity contribution < 1.29 is 10.2 Å². The van der Waals surface area contributed by atoms with E-state index in [9.17, 15) is 10.2 Å². The van der Waals surface area contributed by atoms with Crippen LogP contribution in [0.4, 0.5) is 0 Å². The summed E-state index contributed by atoms with van der Waals surface area (Å²) < 4.78 is 0. The Hall–Kier alpha value is -1.49. The SMILES string of the molecule is CCCCCCCCCCCCSc1cc(O)c2nccnc2c1O. The molecule has 0 bridgehead atoms. The molecule has 2 aromatic rings. The van der Waals surface area contributed by atoms with Crippen LogP contribution in [-0.4, -0.2) is 25.9 Å². The maximum atomic E-state index is 10.3. The van der Waals surface area contributed by atoms with E-state index in [1.807, 2.05) is 0 Å². The molecule has 0 radical (unpaired) electrons. The van der Waals surface area contributed by atoms with Crippen LogP contribution in [0.2, 0.25) is 0 Å². The Morgan fingerprint density at radius 2 is 1.36 bits per heavy atom. The molecule has 0 spiro atoms. The first-order valence-corrected chi connectivity index (χ1v) is 10.5. The topological polar surface area (TPSA) is 66.2 Å². The molecule has 0 fully saturated rings. The Labute approximate surface area is 155 Å². The lowest BCUT2D eigenvalue weighted by atomic mass is 10.1. The third kappa shape index (κ3) is 6.38. The van der Waals surface area contributed by atoms with Crippen LogP contribution in [0, 0.1) is 0 Å². The van der Waals surface area contributed by atoms with Gasteiger partial charge in [0.15, 0.2) is 5.75 Å². The summed E-state index contributed by atoms with van der Waals surface area (Å²) >= 11 is 1.58. The third-order valence-electron chi connectivity index (χ3n) is 4.42. The molecule has 138 valence electrons. The average Bonchev–Trinajstić information content (AvgIpc) is 2.63. The summed E-state index contributed by atoms with van der Waals surface area (Å²) in [4.78, 5) is 8.87. The van der Waals surface area contributed by atoms with Crippen LogP contribution in [-0.2, 0) is 0 Å². The van der Waals surface area contributed by atoms with Gasteiger partial charge in [0.25, 0.3) is 0 Å². The molecule has 0 atom stereocenters. The number of rotatable bonds is 12. The van der Waals surface area contributed by atoms with Crippen LogP contribution in [0.1, 0.15) is 71.1 Å². The number of hydrogen-bond acceptors (Lipinski definition) is 5. The third-order valence-corrected chi connectivity index (χ3v) is 5.54. The van der Waals surface area contributed by atoms with Gasteiger partial charge in [0, 0.05) is 12.4 Å². The maximum absolute atomic E-state index is 10.3. The van der Waals surface area contributed by atoms with Gasteiger partial charge in [-0.15, -0.1) is 11.8 Å². The summed E-state index contributed by atoms with van der Waals surface area (Å²) in [6.07, 6.45) is 16.2. The van der Waals surface area contributed by atoms with E-state index < -0.39 is 0 Å². The van der Waals surface area contributed by atoms with Crippen LogP contribution in [0.3, 0.4) is 0 Å². The predicted octanol–water partition coefficient (Wildman–Crippen LogP) is 6.05. The van der Waals surface area contributed by atoms with Crippen LogP contribution >= 0.6 is 11.8 Å². The highest BCUT2D eigenvalue weighted by Crippen LogP contribution is 2.38. The van der Waals surface area contributed by atoms with Gasteiger partial charge < -0.3 is 10.2 Å². The highest BCUT2D eigenvalue weighted by molar-refractivity contribution is 7.99. The summed E-state index contributed by atoms with van der Waals surface area (Å²) in [5, 5.41) is 20.3. The number of aromatic hydroxyl groups is 2. The standard InChI is InChI=1S/C20H30N2O2S/c1-2-3-4-5-6-7-8-9-10-11-14-25-17-15-16(23)18-19(20(17)24)22-13-12-21-18/h12-13,15,23-24H,2-11,14H2,1H3. The van der Waals surface area contributed by atoms with Crippen molar-refractivity contribution in [1.82, 2.24) is 9.97 Å². The van der Waals surface area contributed by atoms with Gasteiger partial charge in [0.2, 0.25) is 0 Å². The maximum Gasteiger partial charge on any atom is 0.157 e. The first-order chi connectivity index (χ1) is 12.2. The van der Waals surface area contributed by atoms with Gasteiger partial charge in [0.05, 0.1) is 4.90 Å². The fourth-order valence-corrected chi connectivity index (χ4v) is 3.95. The van der Waals surface area contributed by atoms with Crippen molar-refractivity contribution in [1.29, 1.82) is 0 Å². The minimum Gasteiger partial charge on any atom is -0.506 e. The van der Waals surface area contributed by atoms with Gasteiger partial charge in [-0.2, -0.15) is 0 Å². The quantitative estimate of drug-likeness (QED) is 0.273. The number of phenols is 2. The van der Waals surface area contributed by atoms with E-state index in [4.69, 9.17) is 0 Å². The fourth-order valence-electron chi connectivity index (χ4n) is 2.96. The van der Waals surface area contributed by atoms with Gasteiger partial charge >= 0.3 is 0 Å². The number of phenolic OH excluding ortho intramolecular Hbond substituents is 2. The number of benzene rings is 1. The van der Waals surface area contributed by atoms with E-state index in [2.05, 4.69) is 16.9 Å². The molecule has 1 heterocycles. The van der Waals surface area contributed by atoms with Crippen LogP contribution < -0.4 is 0 Å². The van der Waals surface area contributed by atoms with E-state index >= 15 is 0 Å². The minimum absolute atomic E-state index is 0.0754. The van der Waals surface area contributed by atoms with E-state index in [0.29, 0.717) is 15.9 Å². The minimum atomic E-state index is 0.0754. The van der Waals surface area contributed by atoms with Crippen molar-refractivity contribution in [2.45, 2.75) is 76.0 Å². The van der Waals surface area contributed by atoms with E-state index in [1.165, 1.54) is 70.2 Å². The smallest absolute Gasteiger partial charge is 0.157 e. The highest BCUT2D eigenvalue weighted by Gasteiger charge is 2.13. The van der Waals surface area contributed by atoms with Crippen molar-refractivity contribution in [3.63, 3.8) is 0 Å². The Bertz CT molecular complexity index is 649. The monoisotopic (exact) mass is 362 g/mol. The molecule has 0 saturated heterocycles. The molecule has 0 aliphatic heterocycles. The zero-order chi connectivity index (χ0) is 17.9. The number of aromatic nitrogens is 2. The molecular formula is C20H30N2O2S. The summed E-state index contributed by atoms with van der Waals surface area (Å²) in [5.74, 6) is 1.14. The van der Waals surface area contributed by atoms with Gasteiger partial charge in [-0.3, -0.25) is 0 Å². The molecule has 0 unspecified atom stereocenters. The van der Waals surface area contributed by atoms with Crippen molar-refractivity contribution in [2.75, 3.05) is 5.75 Å². The number of fused-ring (bicyclic) bond motifs is 1. The number of hydrogen-bond donors (Lipinski definition) is 2. The lowest BCUT2D eigenvalue weighted by molar-refractivity contribution is 0.456. The molecule has 2 rings (SSSR count). The molecule has 1 aromatic heterocycles. The molecule has 25 heavy (non-hydrogen) atoms. The van der Waals surface area contributed by atoms with E-state index in [-0.39, 0.29) is 11.5 Å². The van der Waals surface area contributed by atoms with Crippen molar-refractivity contribution >= 4 is 22.8 Å². The second kappa shape index (κ2) is 11.2. The molecule has 5 heteroatoms. The average molecular weight is 363 g/mol. The first-order valence-electron chi connectivity index (χ1n) is 9.52. The summed E-state index contributed by atoms with van der Waals surface area (Å²) in [6.45, 7) is 2.25. The zero-order valence-electron chi connectivity index (χ0n) is 15.2. The summed E-state index contributed by atoms with van der Waals surface area (Å²) in [5.41, 5.74) is 0.719. The largest absolute Gasteiger partial charge is 0.506 e. The number of nitrogens with zero attached hydrogens (tertiary/aromatic N) is 2. The van der Waals surface area contributed by atoms with Gasteiger partial charge in [-0.25, -0.2) is 9.97 Å². The predicted molar refractivity (Wildman–Crippen MR) is 105 cm³/mol. The van der Waals surface area contributed by atoms with Crippen molar-refractivity contribution in [2.24, 2.45) is 0 Å². The molecule has 0 aliphatic rings. The van der Waals surface area contributed by atoms with Crippen molar-refractivity contribution in [3.8, 4) is 11.5 Å². The van der Waals surface area contributed by atoms with Crippen molar-refractivity contribution in [3.05, 3.63) is 18.5 Å². The molecule has 2 N–H and O–H groups in total. The molecule has 0 aliphatic carbocycles. The normalized spacial score (nSPS) is 11.2. The van der Waals surface area contributed by atoms with Gasteiger partial charge in [0.1, 0.15) is 16.8 Å². The molecule has 0 amide bonds. The van der Waals surface area contributed by atoms with Crippen LogP contribution in [0.15, 0.2) is 23.4 Å². The zero-order valence-corrected chi connectivity index (χ0v) is 16.0. The molecule has 1 aromatic carbocycles. The lowest BCUT2D eigenvalue weighted by Crippen LogP contribution is -1.88. The number of unbranched alkanes of at least 4 members (excludes halogenated alkanes) is 9. The molecule has 4 nitrogen and oxygen atoms in total. The Balaban J connectivity index is 1.64. The summed E-state index contributed by atoms with van der Waals surface area (Å²) in [7, 11) is 0. The first kappa shape index (κ1) is 19.8. The van der Waals surface area contributed by atoms with E-state index in [1.54, 1.807) is 17.8 Å². The summed E-state index contributed by atoms with van der Waals surface area (Å²) in [6, 6.07) is 1.59. The Morgan fingerprint density at radius 3 is 2.00 bits per heavy atom. The van der Waals surface area contributed by atoms with Gasteiger partial charge in [-0.1, -0.05) is 64.7 Å². The second-order valence-corrected chi connectivity index (χ2v) is 7.66. The van der Waals surface area contributed by atoms with Crippen LogP contribution in [0.25, 0.3) is 11.0 Å². The second-order valence-electron chi connectivity index (χ2n) is 6.53. The van der Waals surface area contributed by atoms with E-state index in [0.717, 1.165) is 12.2 Å². The highest BCUT2D eigenvalue weighted by atomic mass is 32.2. The molecule has 0 saturated carbocycles.